The van der Waals surface area contributed by atoms with Crippen LogP contribution in [0.25, 0.3) is 33.3 Å². The van der Waals surface area contributed by atoms with E-state index in [-0.39, 0.29) is 5.91 Å². The van der Waals surface area contributed by atoms with Crippen LogP contribution in [0.2, 0.25) is 0 Å². The highest BCUT2D eigenvalue weighted by atomic mass is 79.9. The number of anilines is 1. The summed E-state index contributed by atoms with van der Waals surface area (Å²) in [6.45, 7) is 4.39. The zero-order valence-corrected chi connectivity index (χ0v) is 21.3. The zero-order chi connectivity index (χ0) is 24.5. The van der Waals surface area contributed by atoms with Gasteiger partial charge in [0.1, 0.15) is 11.3 Å². The van der Waals surface area contributed by atoms with Gasteiger partial charge < -0.3 is 14.5 Å². The van der Waals surface area contributed by atoms with Gasteiger partial charge in [-0.2, -0.15) is 0 Å². The lowest BCUT2D eigenvalue weighted by Gasteiger charge is -2.13. The van der Waals surface area contributed by atoms with Crippen molar-refractivity contribution in [3.05, 3.63) is 88.4 Å². The summed E-state index contributed by atoms with van der Waals surface area (Å²) in [4.78, 5) is 17.8. The van der Waals surface area contributed by atoms with Crippen LogP contribution in [0.1, 0.15) is 42.1 Å². The molecule has 0 saturated heterocycles. The number of fused-ring (bicyclic) bond motifs is 2. The van der Waals surface area contributed by atoms with Crippen molar-refractivity contribution in [1.82, 2.24) is 4.98 Å². The minimum atomic E-state index is -0.250. The molecule has 0 fully saturated rings. The monoisotopic (exact) mass is 528 g/mol. The fourth-order valence-corrected chi connectivity index (χ4v) is 4.89. The first-order chi connectivity index (χ1) is 17.0. The van der Waals surface area contributed by atoms with E-state index in [9.17, 15) is 4.79 Å². The quantitative estimate of drug-likeness (QED) is 0.241. The highest BCUT2D eigenvalue weighted by Crippen LogP contribution is 2.37. The van der Waals surface area contributed by atoms with Crippen molar-refractivity contribution >= 4 is 49.4 Å². The number of halogens is 1. The molecule has 0 aliphatic heterocycles. The van der Waals surface area contributed by atoms with Crippen LogP contribution in [0.3, 0.4) is 0 Å². The molecule has 0 saturated carbocycles. The molecule has 1 heterocycles. The van der Waals surface area contributed by atoms with Gasteiger partial charge in [-0.25, -0.2) is 4.98 Å². The molecule has 4 aromatic carbocycles. The Morgan fingerprint density at radius 1 is 1.09 bits per heavy atom. The first kappa shape index (κ1) is 23.1. The number of carbonyl (C=O) groups is 1. The molecule has 5 aromatic rings. The fourth-order valence-electron chi connectivity index (χ4n) is 4.16. The van der Waals surface area contributed by atoms with Gasteiger partial charge in [0.05, 0.1) is 17.1 Å². The number of hydrogen-bond acceptors (Lipinski definition) is 4. The van der Waals surface area contributed by atoms with E-state index in [4.69, 9.17) is 9.15 Å². The number of benzene rings is 4. The van der Waals surface area contributed by atoms with Gasteiger partial charge >= 0.3 is 0 Å². The Bertz CT molecular complexity index is 1540. The van der Waals surface area contributed by atoms with Crippen molar-refractivity contribution < 1.29 is 13.9 Å². The Labute approximate surface area is 212 Å². The van der Waals surface area contributed by atoms with Crippen molar-refractivity contribution in [2.45, 2.75) is 26.2 Å². The third-order valence-electron chi connectivity index (χ3n) is 6.37. The number of hydrogen-bond donors (Lipinski definition) is 1. The fraction of sp³-hybridized carbons (Fsp3) is 0.172. The summed E-state index contributed by atoms with van der Waals surface area (Å²) < 4.78 is 12.3. The third kappa shape index (κ3) is 4.42. The SMILES string of the molecule is CCC(C)c1ccc2oc(-c3ccc(NC(=O)c4cc5ccccc5c(Br)c4OC)cc3)nc2c1. The van der Waals surface area contributed by atoms with Crippen LogP contribution in [-0.2, 0) is 0 Å². The normalized spacial score (nSPS) is 12.1. The number of rotatable bonds is 6. The smallest absolute Gasteiger partial charge is 0.259 e. The largest absolute Gasteiger partial charge is 0.495 e. The first-order valence-electron chi connectivity index (χ1n) is 11.6. The van der Waals surface area contributed by atoms with Gasteiger partial charge in [0.25, 0.3) is 5.91 Å². The summed E-state index contributed by atoms with van der Waals surface area (Å²) in [5.74, 6) is 1.28. The van der Waals surface area contributed by atoms with Crippen LogP contribution in [0.15, 0.2) is 81.7 Å². The summed E-state index contributed by atoms with van der Waals surface area (Å²) in [5, 5.41) is 4.90. The molecular formula is C29H25BrN2O3. The molecule has 1 unspecified atom stereocenters. The van der Waals surface area contributed by atoms with E-state index in [0.717, 1.165) is 38.3 Å². The first-order valence-corrected chi connectivity index (χ1v) is 12.3. The number of methoxy groups -OCH3 is 1. The maximum atomic E-state index is 13.1. The summed E-state index contributed by atoms with van der Waals surface area (Å²) in [7, 11) is 1.56. The molecule has 1 atom stereocenters. The summed E-state index contributed by atoms with van der Waals surface area (Å²) in [6, 6.07) is 23.3. The molecule has 0 spiro atoms. The number of nitrogens with one attached hydrogen (secondary N) is 1. The Balaban J connectivity index is 1.39. The average Bonchev–Trinajstić information content (AvgIpc) is 3.32. The minimum absolute atomic E-state index is 0.250. The summed E-state index contributed by atoms with van der Waals surface area (Å²) in [6.07, 6.45) is 1.07. The van der Waals surface area contributed by atoms with E-state index in [1.807, 2.05) is 60.7 Å². The topological polar surface area (TPSA) is 64.4 Å². The number of carbonyl (C=O) groups excluding carboxylic acids is 1. The molecule has 176 valence electrons. The molecule has 1 aromatic heterocycles. The molecule has 0 bridgehead atoms. The predicted octanol–water partition coefficient (Wildman–Crippen LogP) is 8.18. The number of aromatic nitrogens is 1. The van der Waals surface area contributed by atoms with Crippen LogP contribution in [-0.4, -0.2) is 18.0 Å². The van der Waals surface area contributed by atoms with Crippen molar-refractivity contribution in [1.29, 1.82) is 0 Å². The van der Waals surface area contributed by atoms with Crippen molar-refractivity contribution in [3.63, 3.8) is 0 Å². The Morgan fingerprint density at radius 2 is 1.86 bits per heavy atom. The Morgan fingerprint density at radius 3 is 2.60 bits per heavy atom. The van der Waals surface area contributed by atoms with Gasteiger partial charge in [0.2, 0.25) is 5.89 Å². The molecule has 5 nitrogen and oxygen atoms in total. The van der Waals surface area contributed by atoms with Gasteiger partial charge in [0, 0.05) is 11.3 Å². The van der Waals surface area contributed by atoms with Crippen molar-refractivity contribution in [2.75, 3.05) is 12.4 Å². The second kappa shape index (κ2) is 9.55. The van der Waals surface area contributed by atoms with Gasteiger partial charge in [-0.15, -0.1) is 0 Å². The van der Waals surface area contributed by atoms with Crippen LogP contribution < -0.4 is 10.1 Å². The Hall–Kier alpha value is -3.64. The highest BCUT2D eigenvalue weighted by molar-refractivity contribution is 9.10. The summed E-state index contributed by atoms with van der Waals surface area (Å²) >= 11 is 3.59. The second-order valence-corrected chi connectivity index (χ2v) is 9.37. The van der Waals surface area contributed by atoms with Gasteiger partial charge in [0.15, 0.2) is 5.58 Å². The number of oxazole rings is 1. The van der Waals surface area contributed by atoms with Crippen LogP contribution in [0, 0.1) is 0 Å². The third-order valence-corrected chi connectivity index (χ3v) is 7.16. The highest BCUT2D eigenvalue weighted by Gasteiger charge is 2.18. The molecule has 35 heavy (non-hydrogen) atoms. The number of ether oxygens (including phenoxy) is 1. The van der Waals surface area contributed by atoms with E-state index in [2.05, 4.69) is 52.2 Å². The van der Waals surface area contributed by atoms with Crippen molar-refractivity contribution in [3.8, 4) is 17.2 Å². The number of amides is 1. The van der Waals surface area contributed by atoms with Crippen LogP contribution in [0.4, 0.5) is 5.69 Å². The molecule has 0 aliphatic carbocycles. The second-order valence-electron chi connectivity index (χ2n) is 8.58. The van der Waals surface area contributed by atoms with Gasteiger partial charge in [-0.3, -0.25) is 4.79 Å². The van der Waals surface area contributed by atoms with Crippen molar-refractivity contribution in [2.24, 2.45) is 0 Å². The number of nitrogens with zero attached hydrogens (tertiary/aromatic N) is 1. The van der Waals surface area contributed by atoms with E-state index in [1.165, 1.54) is 5.56 Å². The summed E-state index contributed by atoms with van der Waals surface area (Å²) in [5.41, 5.74) is 4.84. The lowest BCUT2D eigenvalue weighted by Crippen LogP contribution is -2.13. The molecule has 5 rings (SSSR count). The predicted molar refractivity (Wildman–Crippen MR) is 144 cm³/mol. The van der Waals surface area contributed by atoms with E-state index in [1.54, 1.807) is 7.11 Å². The van der Waals surface area contributed by atoms with Crippen LogP contribution in [0.5, 0.6) is 5.75 Å². The molecule has 1 N–H and O–H groups in total. The van der Waals surface area contributed by atoms with Gasteiger partial charge in [-0.05, 0) is 87.1 Å². The minimum Gasteiger partial charge on any atom is -0.495 e. The standard InChI is InChI=1S/C29H25BrN2O3/c1-4-17(2)19-11-14-25-24(16-19)32-29(35-25)18-9-12-21(13-10-18)31-28(33)23-15-20-7-5-6-8-22(20)26(30)27(23)34-3/h5-17H,4H2,1-3H3,(H,31,33). The van der Waals surface area contributed by atoms with E-state index < -0.39 is 0 Å². The lowest BCUT2D eigenvalue weighted by atomic mass is 9.98. The molecular weight excluding hydrogens is 504 g/mol. The molecule has 0 aliphatic rings. The molecule has 0 radical (unpaired) electrons. The van der Waals surface area contributed by atoms with Crippen LogP contribution >= 0.6 is 15.9 Å². The zero-order valence-electron chi connectivity index (χ0n) is 19.8. The Kier molecular flexibility index (Phi) is 6.31. The maximum Gasteiger partial charge on any atom is 0.259 e. The molecule has 6 heteroatoms. The van der Waals surface area contributed by atoms with E-state index in [0.29, 0.717) is 28.8 Å². The lowest BCUT2D eigenvalue weighted by molar-refractivity contribution is 0.102. The average molecular weight is 529 g/mol. The van der Waals surface area contributed by atoms with E-state index >= 15 is 0 Å². The maximum absolute atomic E-state index is 13.1. The molecule has 1 amide bonds. The van der Waals surface area contributed by atoms with Gasteiger partial charge in [-0.1, -0.05) is 44.2 Å².